The van der Waals surface area contributed by atoms with Gasteiger partial charge in [0.1, 0.15) is 0 Å². The Morgan fingerprint density at radius 3 is 2.33 bits per heavy atom. The number of aliphatic hydroxyl groups excluding tert-OH is 1. The molecule has 0 aliphatic carbocycles. The summed E-state index contributed by atoms with van der Waals surface area (Å²) in [4.78, 5) is 24.7. The fourth-order valence-corrected chi connectivity index (χ4v) is 2.44. The molecule has 0 bridgehead atoms. The average Bonchev–Trinajstić information content (AvgIpc) is 2.90. The van der Waals surface area contributed by atoms with Gasteiger partial charge in [-0.2, -0.15) is 0 Å². The molecule has 1 heterocycles. The third-order valence-electron chi connectivity index (χ3n) is 3.72. The first-order valence-corrected chi connectivity index (χ1v) is 6.51. The molecular formula is C14H15F2NO4. The highest BCUT2D eigenvalue weighted by Gasteiger charge is 2.32. The summed E-state index contributed by atoms with van der Waals surface area (Å²) in [6.45, 7) is 2.21. The minimum atomic E-state index is -1.50. The van der Waals surface area contributed by atoms with E-state index in [0.29, 0.717) is 25.1 Å². The van der Waals surface area contributed by atoms with E-state index in [1.54, 1.807) is 6.92 Å². The molecule has 1 aromatic rings. The van der Waals surface area contributed by atoms with Crippen LogP contribution in [0.1, 0.15) is 34.1 Å². The van der Waals surface area contributed by atoms with Gasteiger partial charge in [-0.1, -0.05) is 0 Å². The van der Waals surface area contributed by atoms with Crippen molar-refractivity contribution in [2.75, 3.05) is 13.1 Å². The fraction of sp³-hybridized carbons (Fsp3) is 0.429. The summed E-state index contributed by atoms with van der Waals surface area (Å²) in [5.41, 5.74) is -0.952. The molecule has 1 amide bonds. The van der Waals surface area contributed by atoms with Gasteiger partial charge in [-0.25, -0.2) is 13.6 Å². The van der Waals surface area contributed by atoms with Gasteiger partial charge in [0.2, 0.25) is 0 Å². The van der Waals surface area contributed by atoms with Crippen LogP contribution in [0.5, 0.6) is 0 Å². The number of nitrogens with zero attached hydrogens (tertiary/aromatic N) is 1. The molecule has 114 valence electrons. The van der Waals surface area contributed by atoms with E-state index in [1.165, 1.54) is 4.90 Å². The minimum absolute atomic E-state index is 0.104. The molecule has 2 unspecified atom stereocenters. The molecule has 2 N–H and O–H groups in total. The van der Waals surface area contributed by atoms with Gasteiger partial charge in [-0.05, 0) is 25.5 Å². The molecule has 0 spiro atoms. The summed E-state index contributed by atoms with van der Waals surface area (Å²) in [5.74, 6) is -4.85. The van der Waals surface area contributed by atoms with Crippen molar-refractivity contribution in [3.8, 4) is 0 Å². The van der Waals surface area contributed by atoms with Gasteiger partial charge in [-0.15, -0.1) is 0 Å². The minimum Gasteiger partial charge on any atom is -0.478 e. The van der Waals surface area contributed by atoms with Gasteiger partial charge in [0.05, 0.1) is 17.2 Å². The molecule has 0 saturated carbocycles. The van der Waals surface area contributed by atoms with Crippen LogP contribution < -0.4 is 0 Å². The molecule has 7 heteroatoms. The van der Waals surface area contributed by atoms with E-state index < -0.39 is 35.2 Å². The third kappa shape index (κ3) is 3.02. The number of amides is 1. The lowest BCUT2D eigenvalue weighted by molar-refractivity contribution is 0.0675. The van der Waals surface area contributed by atoms with Crippen molar-refractivity contribution < 1.29 is 28.6 Å². The second-order valence-corrected chi connectivity index (χ2v) is 5.16. The third-order valence-corrected chi connectivity index (χ3v) is 3.72. The number of hydrogen-bond donors (Lipinski definition) is 2. The summed E-state index contributed by atoms with van der Waals surface area (Å²) in [6.07, 6.45) is -0.0122. The number of aromatic carboxylic acids is 1. The molecule has 0 radical (unpaired) electrons. The predicted molar refractivity (Wildman–Crippen MR) is 69.0 cm³/mol. The van der Waals surface area contributed by atoms with Gasteiger partial charge in [0.25, 0.3) is 5.91 Å². The Morgan fingerprint density at radius 2 is 1.86 bits per heavy atom. The Kier molecular flexibility index (Phi) is 4.22. The van der Waals surface area contributed by atoms with E-state index in [9.17, 15) is 23.5 Å². The monoisotopic (exact) mass is 299 g/mol. The number of carboxylic acids is 1. The zero-order valence-electron chi connectivity index (χ0n) is 11.3. The highest BCUT2D eigenvalue weighted by molar-refractivity contribution is 6.04. The van der Waals surface area contributed by atoms with Crippen molar-refractivity contribution in [1.29, 1.82) is 0 Å². The number of likely N-dealkylation sites (tertiary alicyclic amines) is 1. The second-order valence-electron chi connectivity index (χ2n) is 5.16. The van der Waals surface area contributed by atoms with Crippen LogP contribution in [-0.4, -0.2) is 46.2 Å². The maximum atomic E-state index is 13.3. The maximum Gasteiger partial charge on any atom is 0.336 e. The quantitative estimate of drug-likeness (QED) is 0.887. The zero-order chi connectivity index (χ0) is 15.7. The molecule has 1 fully saturated rings. The van der Waals surface area contributed by atoms with Crippen LogP contribution >= 0.6 is 0 Å². The smallest absolute Gasteiger partial charge is 0.336 e. The number of carbonyl (C=O) groups excluding carboxylic acids is 1. The van der Waals surface area contributed by atoms with Gasteiger partial charge >= 0.3 is 5.97 Å². The maximum absolute atomic E-state index is 13.3. The molecule has 5 nitrogen and oxygen atoms in total. The van der Waals surface area contributed by atoms with Crippen molar-refractivity contribution >= 4 is 11.9 Å². The first kappa shape index (κ1) is 15.4. The van der Waals surface area contributed by atoms with Crippen LogP contribution in [0.2, 0.25) is 0 Å². The lowest BCUT2D eigenvalue weighted by atomic mass is 10.0. The number of hydrogen-bond acceptors (Lipinski definition) is 3. The Balaban J connectivity index is 2.31. The van der Waals surface area contributed by atoms with Gasteiger partial charge in [-0.3, -0.25) is 4.79 Å². The van der Waals surface area contributed by atoms with Crippen molar-refractivity contribution in [2.45, 2.75) is 19.4 Å². The summed E-state index contributed by atoms with van der Waals surface area (Å²) in [6, 6.07) is 1.12. The first-order valence-electron chi connectivity index (χ1n) is 6.51. The fourth-order valence-electron chi connectivity index (χ4n) is 2.44. The number of benzene rings is 1. The first-order chi connectivity index (χ1) is 9.81. The van der Waals surface area contributed by atoms with Crippen molar-refractivity contribution in [1.82, 2.24) is 4.90 Å². The van der Waals surface area contributed by atoms with E-state index in [1.807, 2.05) is 0 Å². The SMILES string of the molecule is CC(O)C1CCN(C(=O)c2cc(F)c(F)cc2C(=O)O)C1. The van der Waals surface area contributed by atoms with E-state index >= 15 is 0 Å². The topological polar surface area (TPSA) is 77.8 Å². The van der Waals surface area contributed by atoms with E-state index in [4.69, 9.17) is 5.11 Å². The molecule has 2 atom stereocenters. The molecular weight excluding hydrogens is 284 g/mol. The zero-order valence-corrected chi connectivity index (χ0v) is 11.3. The molecule has 1 aliphatic rings. The lowest BCUT2D eigenvalue weighted by Gasteiger charge is -2.19. The highest BCUT2D eigenvalue weighted by atomic mass is 19.2. The Hall–Kier alpha value is -2.02. The van der Waals surface area contributed by atoms with Crippen molar-refractivity contribution in [3.05, 3.63) is 34.9 Å². The van der Waals surface area contributed by atoms with Crippen LogP contribution in [-0.2, 0) is 0 Å². The normalized spacial score (nSPS) is 19.6. The van der Waals surface area contributed by atoms with E-state index in [-0.39, 0.29) is 18.0 Å². The van der Waals surface area contributed by atoms with E-state index in [2.05, 4.69) is 0 Å². The number of aliphatic hydroxyl groups is 1. The standard InChI is InChI=1S/C14H15F2NO4/c1-7(18)8-2-3-17(6-8)13(19)9-4-11(15)12(16)5-10(9)14(20)21/h4-5,7-8,18H,2-3,6H2,1H3,(H,20,21). The number of halogens is 2. The summed E-state index contributed by atoms with van der Waals surface area (Å²) < 4.78 is 26.4. The van der Waals surface area contributed by atoms with Gasteiger partial charge in [0.15, 0.2) is 11.6 Å². The van der Waals surface area contributed by atoms with Crippen LogP contribution in [0.4, 0.5) is 8.78 Å². The molecule has 1 aliphatic heterocycles. The number of rotatable bonds is 3. The summed E-state index contributed by atoms with van der Waals surface area (Å²) in [5, 5.41) is 18.5. The van der Waals surface area contributed by atoms with Crippen LogP contribution in [0, 0.1) is 17.6 Å². The van der Waals surface area contributed by atoms with Gasteiger partial charge in [0, 0.05) is 19.0 Å². The van der Waals surface area contributed by atoms with Crippen molar-refractivity contribution in [2.24, 2.45) is 5.92 Å². The van der Waals surface area contributed by atoms with Crippen LogP contribution in [0.25, 0.3) is 0 Å². The van der Waals surface area contributed by atoms with Crippen molar-refractivity contribution in [3.63, 3.8) is 0 Å². The molecule has 21 heavy (non-hydrogen) atoms. The predicted octanol–water partition coefficient (Wildman–Crippen LogP) is 1.51. The number of carboxylic acid groups (broad SMARTS) is 1. The highest BCUT2D eigenvalue weighted by Crippen LogP contribution is 2.24. The van der Waals surface area contributed by atoms with Crippen LogP contribution in [0.3, 0.4) is 0 Å². The Labute approximate surface area is 119 Å². The summed E-state index contributed by atoms with van der Waals surface area (Å²) in [7, 11) is 0. The number of carbonyl (C=O) groups is 2. The Morgan fingerprint density at radius 1 is 1.29 bits per heavy atom. The Bertz CT molecular complexity index is 589. The van der Waals surface area contributed by atoms with E-state index in [0.717, 1.165) is 0 Å². The average molecular weight is 299 g/mol. The lowest BCUT2D eigenvalue weighted by Crippen LogP contribution is -2.31. The van der Waals surface area contributed by atoms with Gasteiger partial charge < -0.3 is 15.1 Å². The molecule has 1 aromatic carbocycles. The van der Waals surface area contributed by atoms with Crippen LogP contribution in [0.15, 0.2) is 12.1 Å². The second kappa shape index (κ2) is 5.77. The molecule has 2 rings (SSSR count). The largest absolute Gasteiger partial charge is 0.478 e. The summed E-state index contributed by atoms with van der Waals surface area (Å²) >= 11 is 0. The molecule has 1 saturated heterocycles. The molecule has 0 aromatic heterocycles.